The van der Waals surface area contributed by atoms with Crippen molar-refractivity contribution in [3.8, 4) is 0 Å². The van der Waals surface area contributed by atoms with Gasteiger partial charge in [0.2, 0.25) is 0 Å². The number of halogens is 1. The second-order valence-electron chi connectivity index (χ2n) is 5.12. The Labute approximate surface area is 117 Å². The Morgan fingerprint density at radius 1 is 1.21 bits per heavy atom. The molecule has 0 radical (unpaired) electrons. The summed E-state index contributed by atoms with van der Waals surface area (Å²) in [6.45, 7) is 4.32. The minimum Gasteiger partial charge on any atom is -0.308 e. The first-order valence-electron chi connectivity index (χ1n) is 6.24. The lowest BCUT2D eigenvalue weighted by atomic mass is 10.0. The maximum atomic E-state index is 12.1. The summed E-state index contributed by atoms with van der Waals surface area (Å²) in [7, 11) is 1.53. The van der Waals surface area contributed by atoms with E-state index in [2.05, 4.69) is 0 Å². The molecule has 0 spiro atoms. The van der Waals surface area contributed by atoms with Gasteiger partial charge in [0, 0.05) is 18.6 Å². The third-order valence-electron chi connectivity index (χ3n) is 3.35. The summed E-state index contributed by atoms with van der Waals surface area (Å²) in [5.41, 5.74) is 0.964. The topological polar surface area (TPSA) is 40.6 Å². The molecule has 5 heteroatoms. The molecule has 0 bridgehead atoms. The molecule has 0 aliphatic carbocycles. The van der Waals surface area contributed by atoms with E-state index in [4.69, 9.17) is 11.6 Å². The molecular formula is C14H17ClN2O2. The Hall–Kier alpha value is -1.55. The van der Waals surface area contributed by atoms with Gasteiger partial charge >= 0.3 is 6.03 Å². The molecule has 1 aromatic rings. The summed E-state index contributed by atoms with van der Waals surface area (Å²) in [5.74, 6) is -0.0392. The first kappa shape index (κ1) is 13.9. The minimum atomic E-state index is -0.381. The van der Waals surface area contributed by atoms with Crippen molar-refractivity contribution in [2.24, 2.45) is 5.92 Å². The van der Waals surface area contributed by atoms with Crippen LogP contribution in [-0.2, 0) is 11.3 Å². The van der Waals surface area contributed by atoms with Crippen molar-refractivity contribution in [2.75, 3.05) is 7.05 Å². The van der Waals surface area contributed by atoms with E-state index < -0.39 is 0 Å². The van der Waals surface area contributed by atoms with Crippen LogP contribution in [0.25, 0.3) is 0 Å². The van der Waals surface area contributed by atoms with Gasteiger partial charge in [-0.25, -0.2) is 4.79 Å². The van der Waals surface area contributed by atoms with Crippen LogP contribution in [0.3, 0.4) is 0 Å². The smallest absolute Gasteiger partial charge is 0.308 e. The standard InChI is InChI=1S/C14H17ClN2O2/c1-9(2)12-13(18)16(3)14(19)17(12)8-10-4-6-11(15)7-5-10/h4-7,9,12H,8H2,1-3H3/t12-/m1/s1. The largest absolute Gasteiger partial charge is 0.327 e. The van der Waals surface area contributed by atoms with Crippen LogP contribution < -0.4 is 0 Å². The van der Waals surface area contributed by atoms with E-state index in [1.54, 1.807) is 17.0 Å². The average molecular weight is 281 g/mol. The molecule has 102 valence electrons. The molecule has 2 rings (SSSR count). The fourth-order valence-electron chi connectivity index (χ4n) is 2.34. The Morgan fingerprint density at radius 3 is 2.32 bits per heavy atom. The first-order valence-corrected chi connectivity index (χ1v) is 6.62. The number of hydrogen-bond acceptors (Lipinski definition) is 2. The van der Waals surface area contributed by atoms with E-state index in [0.717, 1.165) is 5.56 Å². The van der Waals surface area contributed by atoms with Crippen molar-refractivity contribution in [3.63, 3.8) is 0 Å². The van der Waals surface area contributed by atoms with Gasteiger partial charge in [0.05, 0.1) is 0 Å². The average Bonchev–Trinajstić information content (AvgIpc) is 2.57. The Kier molecular flexibility index (Phi) is 3.80. The van der Waals surface area contributed by atoms with Gasteiger partial charge in [-0.15, -0.1) is 0 Å². The maximum absolute atomic E-state index is 12.1. The van der Waals surface area contributed by atoms with Crippen LogP contribution in [-0.4, -0.2) is 34.8 Å². The van der Waals surface area contributed by atoms with E-state index in [1.807, 2.05) is 26.0 Å². The van der Waals surface area contributed by atoms with Crippen LogP contribution in [0, 0.1) is 5.92 Å². The lowest BCUT2D eigenvalue weighted by Gasteiger charge is -2.24. The highest BCUT2D eigenvalue weighted by molar-refractivity contribution is 6.30. The zero-order chi connectivity index (χ0) is 14.2. The molecule has 4 nitrogen and oxygen atoms in total. The number of carbonyl (C=O) groups is 2. The van der Waals surface area contributed by atoms with Crippen molar-refractivity contribution >= 4 is 23.5 Å². The molecule has 1 aliphatic rings. The fourth-order valence-corrected chi connectivity index (χ4v) is 2.46. The quantitative estimate of drug-likeness (QED) is 0.799. The molecule has 1 atom stereocenters. The number of imide groups is 1. The molecule has 1 heterocycles. The van der Waals surface area contributed by atoms with Crippen LogP contribution in [0.1, 0.15) is 19.4 Å². The predicted octanol–water partition coefficient (Wildman–Crippen LogP) is 2.76. The van der Waals surface area contributed by atoms with Gasteiger partial charge in [-0.3, -0.25) is 9.69 Å². The Balaban J connectivity index is 2.24. The van der Waals surface area contributed by atoms with E-state index in [9.17, 15) is 9.59 Å². The van der Waals surface area contributed by atoms with Gasteiger partial charge in [-0.05, 0) is 23.6 Å². The third-order valence-corrected chi connectivity index (χ3v) is 3.60. The molecule has 0 N–H and O–H groups in total. The van der Waals surface area contributed by atoms with Crippen LogP contribution in [0.15, 0.2) is 24.3 Å². The molecule has 1 aliphatic heterocycles. The zero-order valence-corrected chi connectivity index (χ0v) is 12.0. The molecule has 1 saturated heterocycles. The van der Waals surface area contributed by atoms with Crippen molar-refractivity contribution in [2.45, 2.75) is 26.4 Å². The number of urea groups is 1. The van der Waals surface area contributed by atoms with Gasteiger partial charge in [0.25, 0.3) is 5.91 Å². The molecular weight excluding hydrogens is 264 g/mol. The van der Waals surface area contributed by atoms with Gasteiger partial charge in [-0.2, -0.15) is 0 Å². The monoisotopic (exact) mass is 280 g/mol. The van der Waals surface area contributed by atoms with E-state index in [-0.39, 0.29) is 23.9 Å². The Morgan fingerprint density at radius 2 is 1.79 bits per heavy atom. The molecule has 19 heavy (non-hydrogen) atoms. The van der Waals surface area contributed by atoms with Crippen molar-refractivity contribution in [3.05, 3.63) is 34.9 Å². The van der Waals surface area contributed by atoms with Crippen LogP contribution in [0.5, 0.6) is 0 Å². The number of hydrogen-bond donors (Lipinski definition) is 0. The van der Waals surface area contributed by atoms with E-state index in [0.29, 0.717) is 11.6 Å². The molecule has 3 amide bonds. The predicted molar refractivity (Wildman–Crippen MR) is 73.8 cm³/mol. The maximum Gasteiger partial charge on any atom is 0.327 e. The van der Waals surface area contributed by atoms with Crippen LogP contribution in [0.4, 0.5) is 4.79 Å². The molecule has 0 aromatic heterocycles. The lowest BCUT2D eigenvalue weighted by Crippen LogP contribution is -2.38. The number of rotatable bonds is 3. The summed E-state index contributed by atoms with van der Waals surface area (Å²) in [6, 6.07) is 6.69. The van der Waals surface area contributed by atoms with Crippen molar-refractivity contribution in [1.29, 1.82) is 0 Å². The van der Waals surface area contributed by atoms with Gasteiger partial charge < -0.3 is 4.90 Å². The number of likely N-dealkylation sites (N-methyl/N-ethyl adjacent to an activating group) is 1. The molecule has 1 aromatic carbocycles. The van der Waals surface area contributed by atoms with Crippen LogP contribution in [0.2, 0.25) is 5.02 Å². The highest BCUT2D eigenvalue weighted by atomic mass is 35.5. The van der Waals surface area contributed by atoms with Crippen molar-refractivity contribution < 1.29 is 9.59 Å². The number of benzene rings is 1. The Bertz CT molecular complexity index is 499. The molecule has 0 unspecified atom stereocenters. The second kappa shape index (κ2) is 5.21. The second-order valence-corrected chi connectivity index (χ2v) is 5.56. The zero-order valence-electron chi connectivity index (χ0n) is 11.3. The van der Waals surface area contributed by atoms with Crippen molar-refractivity contribution in [1.82, 2.24) is 9.80 Å². The normalized spacial score (nSPS) is 19.7. The van der Waals surface area contributed by atoms with Gasteiger partial charge in [0.1, 0.15) is 6.04 Å². The SMILES string of the molecule is CC(C)[C@@H]1C(=O)N(C)C(=O)N1Cc1ccc(Cl)cc1. The summed E-state index contributed by atoms with van der Waals surface area (Å²) in [4.78, 5) is 27.0. The van der Waals surface area contributed by atoms with Gasteiger partial charge in [0.15, 0.2) is 0 Å². The lowest BCUT2D eigenvalue weighted by molar-refractivity contribution is -0.128. The number of nitrogens with zero attached hydrogens (tertiary/aromatic N) is 2. The molecule has 0 saturated carbocycles. The number of amides is 3. The van der Waals surface area contributed by atoms with E-state index >= 15 is 0 Å². The summed E-state index contributed by atoms with van der Waals surface area (Å²) in [5, 5.41) is 0.658. The summed E-state index contributed by atoms with van der Waals surface area (Å²) >= 11 is 5.84. The summed E-state index contributed by atoms with van der Waals surface area (Å²) < 4.78 is 0. The first-order chi connectivity index (χ1) is 8.91. The number of carbonyl (C=O) groups excluding carboxylic acids is 2. The van der Waals surface area contributed by atoms with E-state index in [1.165, 1.54) is 11.9 Å². The third kappa shape index (κ3) is 2.59. The fraction of sp³-hybridized carbons (Fsp3) is 0.429. The highest BCUT2D eigenvalue weighted by Gasteiger charge is 2.44. The van der Waals surface area contributed by atoms with Gasteiger partial charge in [-0.1, -0.05) is 37.6 Å². The highest BCUT2D eigenvalue weighted by Crippen LogP contribution is 2.24. The summed E-state index contributed by atoms with van der Waals surface area (Å²) in [6.07, 6.45) is 0. The van der Waals surface area contributed by atoms with Crippen LogP contribution >= 0.6 is 11.6 Å². The molecule has 1 fully saturated rings. The minimum absolute atomic E-state index is 0.0914.